The lowest BCUT2D eigenvalue weighted by atomic mass is 9.81. The molecule has 0 amide bonds. The molecule has 1 saturated carbocycles. The van der Waals surface area contributed by atoms with E-state index in [2.05, 4.69) is 4.74 Å². The number of hydrogen-bond acceptors (Lipinski definition) is 4. The Hall–Kier alpha value is -0.750. The van der Waals surface area contributed by atoms with Crippen LogP contribution in [0.2, 0.25) is 0 Å². The summed E-state index contributed by atoms with van der Waals surface area (Å²) in [4.78, 5) is 11.4. The Bertz CT molecular complexity index is 240. The number of nitrogens with two attached hydrogens (primary N) is 1. The van der Waals surface area contributed by atoms with Crippen molar-refractivity contribution in [3.8, 4) is 0 Å². The van der Waals surface area contributed by atoms with Crippen molar-refractivity contribution in [3.05, 3.63) is 0 Å². The molecule has 6 heteroatoms. The smallest absolute Gasteiger partial charge is 0.325 e. The fourth-order valence-electron chi connectivity index (χ4n) is 1.89. The molecule has 1 aliphatic carbocycles. The Balaban J connectivity index is 2.36. The van der Waals surface area contributed by atoms with Crippen molar-refractivity contribution in [2.75, 3.05) is 13.7 Å². The molecule has 0 bridgehead atoms. The molecular weight excluding hydrogens is 220 g/mol. The van der Waals surface area contributed by atoms with Crippen LogP contribution in [0.15, 0.2) is 0 Å². The first-order chi connectivity index (χ1) is 7.48. The van der Waals surface area contributed by atoms with Crippen LogP contribution in [0, 0.1) is 0 Å². The van der Waals surface area contributed by atoms with Crippen molar-refractivity contribution in [1.29, 1.82) is 0 Å². The third kappa shape index (κ3) is 3.38. The molecule has 0 spiro atoms. The van der Waals surface area contributed by atoms with Crippen LogP contribution in [0.5, 0.6) is 0 Å². The van der Waals surface area contributed by atoms with Gasteiger partial charge < -0.3 is 15.2 Å². The molecule has 1 rings (SSSR count). The number of halogens is 2. The molecular formula is C10H17F2NO3. The molecule has 94 valence electrons. The third-order valence-electron chi connectivity index (χ3n) is 2.87. The summed E-state index contributed by atoms with van der Waals surface area (Å²) in [6, 6.07) is 0. The Kier molecular flexibility index (Phi) is 4.61. The lowest BCUT2D eigenvalue weighted by Crippen LogP contribution is -2.52. The Morgan fingerprint density at radius 3 is 2.50 bits per heavy atom. The normalized spacial score (nSPS) is 30.4. The second kappa shape index (κ2) is 5.54. The summed E-state index contributed by atoms with van der Waals surface area (Å²) < 4.78 is 33.4. The molecule has 0 aromatic carbocycles. The summed E-state index contributed by atoms with van der Waals surface area (Å²) in [7, 11) is 1.29. The lowest BCUT2D eigenvalue weighted by molar-refractivity contribution is -0.150. The van der Waals surface area contributed by atoms with Gasteiger partial charge in [0.25, 0.3) is 6.43 Å². The molecule has 0 aromatic rings. The largest absolute Gasteiger partial charge is 0.468 e. The maximum atomic E-state index is 11.9. The minimum atomic E-state index is -2.45. The molecule has 0 aromatic heterocycles. The number of rotatable bonds is 4. The first kappa shape index (κ1) is 13.3. The molecule has 4 nitrogen and oxygen atoms in total. The van der Waals surface area contributed by atoms with Crippen LogP contribution < -0.4 is 5.73 Å². The van der Waals surface area contributed by atoms with Crippen LogP contribution in [0.4, 0.5) is 8.78 Å². The Morgan fingerprint density at radius 2 is 2.06 bits per heavy atom. The van der Waals surface area contributed by atoms with Crippen LogP contribution in [0.25, 0.3) is 0 Å². The average Bonchev–Trinajstić information content (AvgIpc) is 2.27. The first-order valence-corrected chi connectivity index (χ1v) is 5.25. The van der Waals surface area contributed by atoms with Crippen molar-refractivity contribution in [3.63, 3.8) is 0 Å². The summed E-state index contributed by atoms with van der Waals surface area (Å²) in [5, 5.41) is 0. The monoisotopic (exact) mass is 237 g/mol. The maximum absolute atomic E-state index is 11.9. The fourth-order valence-corrected chi connectivity index (χ4v) is 1.89. The number of ether oxygens (including phenoxy) is 2. The molecule has 1 fully saturated rings. The predicted octanol–water partition coefficient (Wildman–Crippen LogP) is 1.08. The first-order valence-electron chi connectivity index (χ1n) is 5.25. The number of hydrogen-bond donors (Lipinski definition) is 1. The van der Waals surface area contributed by atoms with Crippen LogP contribution in [-0.2, 0) is 14.3 Å². The van der Waals surface area contributed by atoms with E-state index >= 15 is 0 Å². The van der Waals surface area contributed by atoms with Gasteiger partial charge in [-0.1, -0.05) is 0 Å². The zero-order chi connectivity index (χ0) is 12.2. The molecule has 16 heavy (non-hydrogen) atoms. The summed E-state index contributed by atoms with van der Waals surface area (Å²) in [6.07, 6.45) is -0.835. The van der Waals surface area contributed by atoms with E-state index in [0.717, 1.165) is 0 Å². The summed E-state index contributed by atoms with van der Waals surface area (Å²) in [5.74, 6) is -0.445. The highest BCUT2D eigenvalue weighted by Gasteiger charge is 2.39. The van der Waals surface area contributed by atoms with Gasteiger partial charge in [-0.3, -0.25) is 4.79 Å². The van der Waals surface area contributed by atoms with Crippen molar-refractivity contribution in [1.82, 2.24) is 0 Å². The highest BCUT2D eigenvalue weighted by atomic mass is 19.3. The van der Waals surface area contributed by atoms with E-state index in [1.54, 1.807) is 0 Å². The Labute approximate surface area is 93.1 Å². The number of esters is 1. The van der Waals surface area contributed by atoms with Gasteiger partial charge in [-0.25, -0.2) is 8.78 Å². The van der Waals surface area contributed by atoms with Crippen molar-refractivity contribution in [2.24, 2.45) is 5.73 Å². The molecule has 0 aliphatic heterocycles. The zero-order valence-corrected chi connectivity index (χ0v) is 9.25. The second-order valence-corrected chi connectivity index (χ2v) is 4.07. The molecule has 1 aliphatic rings. The topological polar surface area (TPSA) is 61.5 Å². The van der Waals surface area contributed by atoms with Gasteiger partial charge >= 0.3 is 5.97 Å². The van der Waals surface area contributed by atoms with Gasteiger partial charge in [0.15, 0.2) is 0 Å². The number of alkyl halides is 2. The molecule has 0 saturated heterocycles. The van der Waals surface area contributed by atoms with E-state index in [1.165, 1.54) is 7.11 Å². The molecule has 0 unspecified atom stereocenters. The quantitative estimate of drug-likeness (QED) is 0.743. The van der Waals surface area contributed by atoms with E-state index in [1.807, 2.05) is 0 Å². The van der Waals surface area contributed by atoms with E-state index in [9.17, 15) is 13.6 Å². The van der Waals surface area contributed by atoms with Gasteiger partial charge in [0.2, 0.25) is 0 Å². The minimum Gasteiger partial charge on any atom is -0.468 e. The van der Waals surface area contributed by atoms with E-state index in [4.69, 9.17) is 10.5 Å². The highest BCUT2D eigenvalue weighted by molar-refractivity contribution is 5.80. The zero-order valence-electron chi connectivity index (χ0n) is 9.25. The molecule has 0 heterocycles. The van der Waals surface area contributed by atoms with Crippen LogP contribution in [0.3, 0.4) is 0 Å². The van der Waals surface area contributed by atoms with E-state index in [-0.39, 0.29) is 6.10 Å². The Morgan fingerprint density at radius 1 is 1.50 bits per heavy atom. The molecule has 2 N–H and O–H groups in total. The summed E-state index contributed by atoms with van der Waals surface area (Å²) in [6.45, 7) is -0.555. The van der Waals surface area contributed by atoms with Gasteiger partial charge in [0.1, 0.15) is 12.1 Å². The van der Waals surface area contributed by atoms with Crippen molar-refractivity contribution in [2.45, 2.75) is 43.8 Å². The van der Waals surface area contributed by atoms with Crippen LogP contribution in [-0.4, -0.2) is 37.8 Å². The lowest BCUT2D eigenvalue weighted by Gasteiger charge is -2.34. The molecule has 0 atom stereocenters. The SMILES string of the molecule is COC(=O)C1(N)CCC(OCC(F)F)CC1. The number of carbonyl (C=O) groups excluding carboxylic acids is 1. The third-order valence-corrected chi connectivity index (χ3v) is 2.87. The standard InChI is InChI=1S/C10H17F2NO3/c1-15-9(14)10(13)4-2-7(3-5-10)16-6-8(11)12/h7-8H,2-6,13H2,1H3. The van der Waals surface area contributed by atoms with Gasteiger partial charge in [-0.2, -0.15) is 0 Å². The van der Waals surface area contributed by atoms with E-state index in [0.29, 0.717) is 25.7 Å². The van der Waals surface area contributed by atoms with Crippen LogP contribution in [0.1, 0.15) is 25.7 Å². The van der Waals surface area contributed by atoms with Gasteiger partial charge in [-0.15, -0.1) is 0 Å². The van der Waals surface area contributed by atoms with Gasteiger partial charge in [0, 0.05) is 0 Å². The van der Waals surface area contributed by atoms with Crippen molar-refractivity contribution >= 4 is 5.97 Å². The highest BCUT2D eigenvalue weighted by Crippen LogP contribution is 2.29. The minimum absolute atomic E-state index is 0.227. The number of methoxy groups -OCH3 is 1. The fraction of sp³-hybridized carbons (Fsp3) is 0.900. The predicted molar refractivity (Wildman–Crippen MR) is 53.1 cm³/mol. The van der Waals surface area contributed by atoms with Gasteiger partial charge in [0.05, 0.1) is 13.2 Å². The number of carbonyl (C=O) groups is 1. The summed E-state index contributed by atoms with van der Waals surface area (Å²) >= 11 is 0. The van der Waals surface area contributed by atoms with Crippen LogP contribution >= 0.6 is 0 Å². The maximum Gasteiger partial charge on any atom is 0.325 e. The van der Waals surface area contributed by atoms with E-state index < -0.39 is 24.5 Å². The summed E-state index contributed by atoms with van der Waals surface area (Å²) in [5.41, 5.74) is 4.88. The average molecular weight is 237 g/mol. The second-order valence-electron chi connectivity index (χ2n) is 4.07. The van der Waals surface area contributed by atoms with Gasteiger partial charge in [-0.05, 0) is 25.7 Å². The molecule has 0 radical (unpaired) electrons. The van der Waals surface area contributed by atoms with Crippen molar-refractivity contribution < 1.29 is 23.0 Å².